The van der Waals surface area contributed by atoms with Gasteiger partial charge in [-0.05, 0) is 20.3 Å². The number of nitrogens with one attached hydrogen (secondary N) is 7. The Hall–Kier alpha value is -6.21. The Morgan fingerprint density at radius 1 is 0.722 bits per heavy atom. The number of nitrogens with two attached hydrogens (primary N) is 3. The van der Waals surface area contributed by atoms with E-state index in [0.29, 0.717) is 5.69 Å². The monoisotopic (exact) mass is 771 g/mol. The van der Waals surface area contributed by atoms with Crippen LogP contribution in [0.25, 0.3) is 0 Å². The molecular weight excluding hydrogens is 726 g/mol. The number of amides is 8. The highest BCUT2D eigenvalue weighted by Gasteiger charge is 2.35. The van der Waals surface area contributed by atoms with Crippen molar-refractivity contribution >= 4 is 59.2 Å². The van der Waals surface area contributed by atoms with E-state index >= 15 is 0 Å². The normalized spacial score (nSPS) is 15.3. The van der Waals surface area contributed by atoms with Gasteiger partial charge in [-0.1, -0.05) is 0 Å². The first-order chi connectivity index (χ1) is 25.2. The fourth-order valence-electron chi connectivity index (χ4n) is 4.40. The number of H-pyrrole nitrogens is 1. The predicted molar refractivity (Wildman–Crippen MR) is 178 cm³/mol. The van der Waals surface area contributed by atoms with E-state index in [-0.39, 0.29) is 6.42 Å². The first-order valence-corrected chi connectivity index (χ1v) is 16.0. The number of rotatable bonds is 24. The predicted octanol–water partition coefficient (Wildman–Crippen LogP) is -7.72. The second-order valence-corrected chi connectivity index (χ2v) is 11.9. The molecule has 0 spiro atoms. The molecule has 1 aromatic rings. The van der Waals surface area contributed by atoms with Crippen molar-refractivity contribution in [2.24, 2.45) is 17.2 Å². The van der Waals surface area contributed by atoms with Crippen molar-refractivity contribution in [1.29, 1.82) is 0 Å². The summed E-state index contributed by atoms with van der Waals surface area (Å²) >= 11 is 0. The summed E-state index contributed by atoms with van der Waals surface area (Å²) in [7, 11) is 0. The topological polar surface area (TPSA) is 431 Å². The molecule has 0 aliphatic rings. The quantitative estimate of drug-likeness (QED) is 0.0464. The Morgan fingerprint density at radius 2 is 1.20 bits per heavy atom. The molecule has 25 heteroatoms. The van der Waals surface area contributed by atoms with Gasteiger partial charge in [0.1, 0.15) is 36.3 Å². The van der Waals surface area contributed by atoms with Gasteiger partial charge in [0, 0.05) is 24.7 Å². The summed E-state index contributed by atoms with van der Waals surface area (Å²) in [5.41, 5.74) is 16.8. The molecule has 1 aromatic heterocycles. The Morgan fingerprint density at radius 3 is 1.65 bits per heavy atom. The number of aliphatic hydroxyl groups excluding tert-OH is 2. The zero-order chi connectivity index (χ0) is 41.3. The van der Waals surface area contributed by atoms with Gasteiger partial charge in [0.25, 0.3) is 0 Å². The number of aliphatic hydroxyl groups is 2. The van der Waals surface area contributed by atoms with Crippen LogP contribution in [0.5, 0.6) is 0 Å². The highest BCUT2D eigenvalue weighted by molar-refractivity contribution is 5.99. The molecule has 8 unspecified atom stereocenters. The number of carbonyl (C=O) groups excluding carboxylic acids is 8. The standard InChI is InChI=1S/C29H45N11O14/c1-11(29(53)54)35-27(51)18(9-41)39-26(50)16(6-19(31)43)37-25(49)17(7-20(32)44)38-28(52)22(12(2)42)40-24(48)15(3-4-21(45)46)36-23(47)14(30)5-13-8-33-10-34-13/h8,10-12,14-18,22,41-42H,3-7,9,30H2,1-2H3,(H2,31,43)(H2,32,44)(H,33,34)(H,35,51)(H,36,47)(H,37,49)(H,38,52)(H,39,50)(H,40,48)(H,45,46)(H,53,54). The van der Waals surface area contributed by atoms with Crippen LogP contribution in [0, 0.1) is 0 Å². The van der Waals surface area contributed by atoms with Gasteiger partial charge in [-0.25, -0.2) is 4.98 Å². The summed E-state index contributed by atoms with van der Waals surface area (Å²) in [6, 6.07) is -11.8. The molecule has 300 valence electrons. The third-order valence-corrected chi connectivity index (χ3v) is 7.30. The first-order valence-electron chi connectivity index (χ1n) is 16.0. The zero-order valence-corrected chi connectivity index (χ0v) is 29.1. The van der Waals surface area contributed by atoms with E-state index in [4.69, 9.17) is 27.4 Å². The Balaban J connectivity index is 3.20. The average Bonchev–Trinajstić information content (AvgIpc) is 3.58. The maximum absolute atomic E-state index is 13.3. The van der Waals surface area contributed by atoms with Gasteiger partial charge in [0.2, 0.25) is 47.3 Å². The molecule has 0 aliphatic carbocycles. The summed E-state index contributed by atoms with van der Waals surface area (Å²) in [5.74, 6) is -12.3. The minimum Gasteiger partial charge on any atom is -0.481 e. The van der Waals surface area contributed by atoms with Crippen molar-refractivity contribution in [2.45, 2.75) is 94.3 Å². The number of carboxylic acids is 2. The smallest absolute Gasteiger partial charge is 0.325 e. The highest BCUT2D eigenvalue weighted by atomic mass is 16.4. The third kappa shape index (κ3) is 16.0. The van der Waals surface area contributed by atoms with Crippen LogP contribution < -0.4 is 49.1 Å². The summed E-state index contributed by atoms with van der Waals surface area (Å²) in [4.78, 5) is 130. The largest absolute Gasteiger partial charge is 0.481 e. The SMILES string of the molecule is CC(NC(=O)C(CO)NC(=O)C(CC(N)=O)NC(=O)C(CC(N)=O)NC(=O)C(NC(=O)C(CCC(=O)O)NC(=O)C(N)Cc1cnc[nH]1)C(C)O)C(=O)O. The summed E-state index contributed by atoms with van der Waals surface area (Å²) in [5, 5.41) is 50.6. The van der Waals surface area contributed by atoms with E-state index < -0.39 is 140 Å². The van der Waals surface area contributed by atoms with Gasteiger partial charge in [0.15, 0.2) is 0 Å². The van der Waals surface area contributed by atoms with Gasteiger partial charge in [0.05, 0.1) is 37.9 Å². The van der Waals surface area contributed by atoms with Crippen molar-refractivity contribution in [2.75, 3.05) is 6.61 Å². The number of hydrogen-bond donors (Lipinski definition) is 14. The van der Waals surface area contributed by atoms with Crippen LogP contribution in [-0.4, -0.2) is 145 Å². The van der Waals surface area contributed by atoms with Crippen molar-refractivity contribution in [1.82, 2.24) is 41.9 Å². The molecule has 0 radical (unpaired) electrons. The Kier molecular flexibility index (Phi) is 18.7. The number of aromatic amines is 1. The van der Waals surface area contributed by atoms with Gasteiger partial charge < -0.3 is 74.5 Å². The lowest BCUT2D eigenvalue weighted by Crippen LogP contribution is -2.62. The van der Waals surface area contributed by atoms with E-state index in [2.05, 4.69) is 25.9 Å². The lowest BCUT2D eigenvalue weighted by atomic mass is 10.1. The molecule has 8 amide bonds. The minimum absolute atomic E-state index is 0.0491. The van der Waals surface area contributed by atoms with Crippen molar-refractivity contribution in [3.05, 3.63) is 18.2 Å². The second kappa shape index (κ2) is 22.0. The molecule has 0 saturated heterocycles. The number of primary amides is 2. The van der Waals surface area contributed by atoms with E-state index in [0.717, 1.165) is 13.8 Å². The van der Waals surface area contributed by atoms with Crippen molar-refractivity contribution in [3.8, 4) is 0 Å². The van der Waals surface area contributed by atoms with Gasteiger partial charge >= 0.3 is 11.9 Å². The maximum atomic E-state index is 13.3. The van der Waals surface area contributed by atoms with Crippen LogP contribution in [0.2, 0.25) is 0 Å². The molecule has 54 heavy (non-hydrogen) atoms. The molecule has 0 saturated carbocycles. The van der Waals surface area contributed by atoms with E-state index in [1.165, 1.54) is 12.5 Å². The number of aromatic nitrogens is 2. The first kappa shape index (κ1) is 45.8. The third-order valence-electron chi connectivity index (χ3n) is 7.30. The molecule has 0 aliphatic heterocycles. The number of hydrogen-bond acceptors (Lipinski definition) is 14. The lowest BCUT2D eigenvalue weighted by Gasteiger charge is -2.27. The maximum Gasteiger partial charge on any atom is 0.325 e. The molecule has 17 N–H and O–H groups in total. The van der Waals surface area contributed by atoms with Gasteiger partial charge in [-0.2, -0.15) is 0 Å². The number of carbonyl (C=O) groups is 10. The molecule has 0 aromatic carbocycles. The van der Waals surface area contributed by atoms with E-state index in [9.17, 15) is 58.2 Å². The average molecular weight is 772 g/mol. The summed E-state index contributed by atoms with van der Waals surface area (Å²) in [6.07, 6.45) is -2.06. The second-order valence-electron chi connectivity index (χ2n) is 11.9. The van der Waals surface area contributed by atoms with Crippen LogP contribution in [0.3, 0.4) is 0 Å². The van der Waals surface area contributed by atoms with Crippen LogP contribution in [-0.2, 0) is 54.4 Å². The fourth-order valence-corrected chi connectivity index (χ4v) is 4.40. The van der Waals surface area contributed by atoms with Crippen molar-refractivity contribution < 1.29 is 68.4 Å². The summed E-state index contributed by atoms with van der Waals surface area (Å²) < 4.78 is 0. The van der Waals surface area contributed by atoms with Crippen LogP contribution in [0.1, 0.15) is 45.2 Å². The Bertz CT molecular complexity index is 1540. The van der Waals surface area contributed by atoms with E-state index in [1.807, 2.05) is 16.0 Å². The van der Waals surface area contributed by atoms with Crippen LogP contribution in [0.15, 0.2) is 12.5 Å². The zero-order valence-electron chi connectivity index (χ0n) is 29.1. The van der Waals surface area contributed by atoms with Crippen LogP contribution >= 0.6 is 0 Å². The molecule has 0 bridgehead atoms. The van der Waals surface area contributed by atoms with Gasteiger partial charge in [-0.15, -0.1) is 0 Å². The number of imidazole rings is 1. The minimum atomic E-state index is -1.95. The van der Waals surface area contributed by atoms with Crippen LogP contribution in [0.4, 0.5) is 0 Å². The number of aliphatic carboxylic acids is 2. The molecule has 1 heterocycles. The summed E-state index contributed by atoms with van der Waals surface area (Å²) in [6.45, 7) is 1.06. The van der Waals surface area contributed by atoms with Gasteiger partial charge in [-0.3, -0.25) is 47.9 Å². The highest BCUT2D eigenvalue weighted by Crippen LogP contribution is 2.06. The molecule has 1 rings (SSSR count). The van der Waals surface area contributed by atoms with Crippen molar-refractivity contribution in [3.63, 3.8) is 0 Å². The number of nitrogens with zero attached hydrogens (tertiary/aromatic N) is 1. The molecule has 0 fully saturated rings. The number of carboxylic acid groups (broad SMARTS) is 2. The molecule has 8 atom stereocenters. The fraction of sp³-hybridized carbons (Fsp3) is 0.552. The van der Waals surface area contributed by atoms with E-state index in [1.54, 1.807) is 0 Å². The molecule has 25 nitrogen and oxygen atoms in total. The lowest BCUT2D eigenvalue weighted by molar-refractivity contribution is -0.142. The Labute approximate surface area is 305 Å². The molecular formula is C29H45N11O14.